The summed E-state index contributed by atoms with van der Waals surface area (Å²) in [5.41, 5.74) is 5.29. The zero-order valence-electron chi connectivity index (χ0n) is 21.1. The van der Waals surface area contributed by atoms with E-state index in [2.05, 4.69) is 20.7 Å². The summed E-state index contributed by atoms with van der Waals surface area (Å²) in [6, 6.07) is 9.44. The molecule has 3 rings (SSSR count). The van der Waals surface area contributed by atoms with Crippen LogP contribution in [-0.2, 0) is 9.59 Å². The van der Waals surface area contributed by atoms with Crippen LogP contribution in [0, 0.1) is 0 Å². The van der Waals surface area contributed by atoms with Crippen molar-refractivity contribution in [1.82, 2.24) is 30.7 Å². The molecule has 0 spiro atoms. The molecular formula is C26H36N6O3. The molecule has 0 fully saturated rings. The summed E-state index contributed by atoms with van der Waals surface area (Å²) in [4.78, 5) is 36.8. The molecule has 3 aromatic rings. The van der Waals surface area contributed by atoms with E-state index in [9.17, 15) is 9.59 Å². The number of aromatic nitrogens is 3. The van der Waals surface area contributed by atoms with Gasteiger partial charge in [-0.1, -0.05) is 31.9 Å². The van der Waals surface area contributed by atoms with Crippen molar-refractivity contribution in [3.8, 4) is 17.1 Å². The number of nitrogens with zero attached hydrogens (tertiary/aromatic N) is 3. The summed E-state index contributed by atoms with van der Waals surface area (Å²) in [7, 11) is 5.32. The summed E-state index contributed by atoms with van der Waals surface area (Å²) in [5.74, 6) is 1.59. The number of rotatable bonds is 14. The van der Waals surface area contributed by atoms with Crippen LogP contribution in [0.1, 0.15) is 57.3 Å². The minimum absolute atomic E-state index is 0.117. The highest BCUT2D eigenvalue weighted by molar-refractivity contribution is 5.87. The number of unbranched alkanes of at least 4 members (excludes halogenated alkanes) is 2. The Labute approximate surface area is 206 Å². The maximum absolute atomic E-state index is 12.5. The minimum atomic E-state index is -0.274. The van der Waals surface area contributed by atoms with Gasteiger partial charge in [0.15, 0.2) is 0 Å². The van der Waals surface area contributed by atoms with E-state index in [1.54, 1.807) is 18.3 Å². The van der Waals surface area contributed by atoms with Gasteiger partial charge in [-0.25, -0.2) is 15.4 Å². The van der Waals surface area contributed by atoms with Crippen LogP contribution in [-0.4, -0.2) is 59.4 Å². The van der Waals surface area contributed by atoms with Crippen molar-refractivity contribution in [1.29, 1.82) is 0 Å². The van der Waals surface area contributed by atoms with E-state index in [1.165, 1.54) is 0 Å². The second-order valence-electron chi connectivity index (χ2n) is 8.75. The van der Waals surface area contributed by atoms with Gasteiger partial charge in [-0.05, 0) is 25.0 Å². The number of ketones is 1. The van der Waals surface area contributed by atoms with Gasteiger partial charge in [0.05, 0.1) is 42.8 Å². The monoisotopic (exact) mass is 480 g/mol. The molecule has 0 saturated carbocycles. The molecule has 9 nitrogen and oxygen atoms in total. The van der Waals surface area contributed by atoms with Crippen molar-refractivity contribution in [3.05, 3.63) is 42.4 Å². The summed E-state index contributed by atoms with van der Waals surface area (Å²) in [6.07, 6.45) is 6.31. The van der Waals surface area contributed by atoms with E-state index < -0.39 is 0 Å². The molecule has 0 aliphatic heterocycles. The molecule has 0 aliphatic carbocycles. The number of benzene rings is 1. The number of imidazole rings is 1. The molecular weight excluding hydrogens is 444 g/mol. The van der Waals surface area contributed by atoms with E-state index in [4.69, 9.17) is 9.72 Å². The minimum Gasteiger partial charge on any atom is -0.496 e. The molecule has 0 saturated heterocycles. The number of ether oxygens (including phenoxy) is 1. The summed E-state index contributed by atoms with van der Waals surface area (Å²) in [6.45, 7) is 2.07. The smallest absolute Gasteiger partial charge is 0.235 e. The zero-order valence-corrected chi connectivity index (χ0v) is 21.1. The lowest BCUT2D eigenvalue weighted by molar-refractivity contribution is -0.122. The standard InChI is InChI=1S/C26H36N6O3/c1-5-18(33)11-7-6-8-14-21(30-25(34)17-28-32(2)3)26-27-16-23(31-26)22-15-24(35-4)19-12-9-10-13-20(19)29-22/h9-10,12-13,15-16,21,28H,5-8,11,14,17H2,1-4H3,(H,27,31)(H,30,34)/t21-/m0/s1. The lowest BCUT2D eigenvalue weighted by Crippen LogP contribution is -2.41. The number of amides is 1. The Morgan fingerprint density at radius 3 is 2.71 bits per heavy atom. The average molecular weight is 481 g/mol. The molecule has 35 heavy (non-hydrogen) atoms. The highest BCUT2D eigenvalue weighted by atomic mass is 16.5. The van der Waals surface area contributed by atoms with Crippen molar-refractivity contribution in [2.45, 2.75) is 51.5 Å². The topological polar surface area (TPSA) is 112 Å². The fourth-order valence-electron chi connectivity index (χ4n) is 3.87. The predicted molar refractivity (Wildman–Crippen MR) is 137 cm³/mol. The van der Waals surface area contributed by atoms with Crippen LogP contribution in [0.25, 0.3) is 22.3 Å². The molecule has 2 aromatic heterocycles. The first-order valence-corrected chi connectivity index (χ1v) is 12.1. The zero-order chi connectivity index (χ0) is 25.2. The molecule has 0 bridgehead atoms. The lowest BCUT2D eigenvalue weighted by atomic mass is 10.0. The van der Waals surface area contributed by atoms with Crippen LogP contribution in [0.2, 0.25) is 0 Å². The molecule has 2 heterocycles. The van der Waals surface area contributed by atoms with Gasteiger partial charge >= 0.3 is 0 Å². The predicted octanol–water partition coefficient (Wildman–Crippen LogP) is 3.79. The van der Waals surface area contributed by atoms with Gasteiger partial charge < -0.3 is 15.0 Å². The Morgan fingerprint density at radius 2 is 1.97 bits per heavy atom. The van der Waals surface area contributed by atoms with E-state index in [0.29, 0.717) is 24.4 Å². The van der Waals surface area contributed by atoms with Crippen LogP contribution in [0.3, 0.4) is 0 Å². The second kappa shape index (κ2) is 13.0. The molecule has 1 amide bonds. The molecule has 9 heteroatoms. The number of carbonyl (C=O) groups excluding carboxylic acids is 2. The number of para-hydroxylation sites is 1. The van der Waals surface area contributed by atoms with E-state index in [-0.39, 0.29) is 18.5 Å². The van der Waals surface area contributed by atoms with Gasteiger partial charge in [-0.3, -0.25) is 14.6 Å². The lowest BCUT2D eigenvalue weighted by Gasteiger charge is -2.18. The van der Waals surface area contributed by atoms with Gasteiger partial charge in [0.2, 0.25) is 5.91 Å². The first-order chi connectivity index (χ1) is 16.9. The number of hydrogen-bond acceptors (Lipinski definition) is 7. The molecule has 0 radical (unpaired) electrons. The van der Waals surface area contributed by atoms with Crippen LogP contribution >= 0.6 is 0 Å². The third-order valence-electron chi connectivity index (χ3n) is 5.83. The van der Waals surface area contributed by atoms with Crippen molar-refractivity contribution in [2.24, 2.45) is 0 Å². The number of methoxy groups -OCH3 is 1. The Hall–Kier alpha value is -3.30. The number of pyridine rings is 1. The van der Waals surface area contributed by atoms with Crippen molar-refractivity contribution >= 4 is 22.6 Å². The number of nitrogens with one attached hydrogen (secondary N) is 3. The molecule has 0 unspecified atom stereocenters. The maximum Gasteiger partial charge on any atom is 0.235 e. The fraction of sp³-hybridized carbons (Fsp3) is 0.462. The molecule has 0 aliphatic rings. The molecule has 3 N–H and O–H groups in total. The Balaban J connectivity index is 1.76. The van der Waals surface area contributed by atoms with Gasteiger partial charge in [0, 0.05) is 38.4 Å². The number of fused-ring (bicyclic) bond motifs is 1. The molecule has 1 aromatic carbocycles. The number of H-pyrrole nitrogens is 1. The summed E-state index contributed by atoms with van der Waals surface area (Å²) in [5, 5.41) is 5.76. The largest absolute Gasteiger partial charge is 0.496 e. The highest BCUT2D eigenvalue weighted by Gasteiger charge is 2.19. The second-order valence-corrected chi connectivity index (χ2v) is 8.75. The van der Waals surface area contributed by atoms with Crippen molar-refractivity contribution < 1.29 is 14.3 Å². The maximum atomic E-state index is 12.5. The van der Waals surface area contributed by atoms with Crippen molar-refractivity contribution in [2.75, 3.05) is 27.7 Å². The Morgan fingerprint density at radius 1 is 1.17 bits per heavy atom. The molecule has 188 valence electrons. The number of hydrogen-bond donors (Lipinski definition) is 3. The summed E-state index contributed by atoms with van der Waals surface area (Å²) >= 11 is 0. The number of Topliss-reactive ketones (excluding diaryl/α,β-unsaturated/α-hetero) is 1. The quantitative estimate of drug-likeness (QED) is 0.238. The van der Waals surface area contributed by atoms with Crippen molar-refractivity contribution in [3.63, 3.8) is 0 Å². The number of carbonyl (C=O) groups is 2. The number of aromatic amines is 1. The van der Waals surface area contributed by atoms with Gasteiger partial charge in [0.25, 0.3) is 0 Å². The van der Waals surface area contributed by atoms with Crippen LogP contribution in [0.15, 0.2) is 36.5 Å². The third-order valence-corrected chi connectivity index (χ3v) is 5.83. The van der Waals surface area contributed by atoms with Crippen LogP contribution in [0.4, 0.5) is 0 Å². The SMILES string of the molecule is CCC(=O)CCCCC[C@H](NC(=O)CNN(C)C)c1ncc(-c2cc(OC)c3ccccc3n2)[nH]1. The molecule has 1 atom stereocenters. The van der Waals surface area contributed by atoms with E-state index in [0.717, 1.165) is 53.7 Å². The Bertz CT molecular complexity index is 1130. The van der Waals surface area contributed by atoms with Gasteiger partial charge in [-0.15, -0.1) is 0 Å². The number of hydrazine groups is 1. The van der Waals surface area contributed by atoms with Crippen LogP contribution in [0.5, 0.6) is 5.75 Å². The first kappa shape index (κ1) is 26.3. The van der Waals surface area contributed by atoms with E-state index in [1.807, 2.05) is 51.4 Å². The average Bonchev–Trinajstić information content (AvgIpc) is 3.36. The highest BCUT2D eigenvalue weighted by Crippen LogP contribution is 2.30. The van der Waals surface area contributed by atoms with Gasteiger partial charge in [-0.2, -0.15) is 0 Å². The Kier molecular flexibility index (Phi) is 9.75. The van der Waals surface area contributed by atoms with Crippen LogP contribution < -0.4 is 15.5 Å². The van der Waals surface area contributed by atoms with Gasteiger partial charge in [0.1, 0.15) is 17.4 Å². The van der Waals surface area contributed by atoms with E-state index >= 15 is 0 Å². The fourth-order valence-corrected chi connectivity index (χ4v) is 3.87. The third kappa shape index (κ3) is 7.60. The summed E-state index contributed by atoms with van der Waals surface area (Å²) < 4.78 is 5.58. The normalized spacial score (nSPS) is 12.1. The first-order valence-electron chi connectivity index (χ1n) is 12.1.